The highest BCUT2D eigenvalue weighted by Gasteiger charge is 2.20. The molecule has 0 spiro atoms. The van der Waals surface area contributed by atoms with Crippen LogP contribution in [0.15, 0.2) is 42.5 Å². The first-order valence-electron chi connectivity index (χ1n) is 7.90. The molecule has 3 rings (SSSR count). The van der Waals surface area contributed by atoms with Gasteiger partial charge in [-0.3, -0.25) is 0 Å². The summed E-state index contributed by atoms with van der Waals surface area (Å²) >= 11 is 0. The molecule has 1 aromatic heterocycles. The predicted octanol–water partition coefficient (Wildman–Crippen LogP) is 3.17. The lowest BCUT2D eigenvalue weighted by Gasteiger charge is -2.33. The Labute approximate surface area is 136 Å². The Morgan fingerprint density at radius 1 is 1.22 bits per heavy atom. The maximum atomic E-state index is 11.0. The normalized spacial score (nSPS) is 15.4. The van der Waals surface area contributed by atoms with Gasteiger partial charge in [-0.15, -0.1) is 0 Å². The zero-order valence-electron chi connectivity index (χ0n) is 13.2. The molecule has 1 fully saturated rings. The zero-order valence-corrected chi connectivity index (χ0v) is 13.2. The van der Waals surface area contributed by atoms with Crippen molar-refractivity contribution in [3.8, 4) is 0 Å². The number of piperidine rings is 1. The second kappa shape index (κ2) is 6.69. The Balaban J connectivity index is 1.60. The van der Waals surface area contributed by atoms with E-state index < -0.39 is 5.97 Å². The van der Waals surface area contributed by atoms with E-state index in [2.05, 4.69) is 46.4 Å². The molecule has 0 atom stereocenters. The minimum absolute atomic E-state index is 0.0995. The monoisotopic (exact) mass is 311 g/mol. The minimum Gasteiger partial charge on any atom is -0.477 e. The number of nitrogens with zero attached hydrogens (tertiary/aromatic N) is 2. The first kappa shape index (κ1) is 15.3. The molecule has 1 aliphatic heterocycles. The van der Waals surface area contributed by atoms with Crippen LogP contribution in [0.25, 0.3) is 0 Å². The predicted molar refractivity (Wildman–Crippen MR) is 91.2 cm³/mol. The van der Waals surface area contributed by atoms with Crippen LogP contribution in [0.2, 0.25) is 0 Å². The summed E-state index contributed by atoms with van der Waals surface area (Å²) in [5.74, 6) is -0.234. The molecule has 0 amide bonds. The Bertz CT molecular complexity index is 694. The van der Waals surface area contributed by atoms with Gasteiger partial charge in [0.25, 0.3) is 0 Å². The van der Waals surface area contributed by atoms with Crippen LogP contribution in [0.1, 0.15) is 28.9 Å². The molecular formula is C18H21N3O2. The van der Waals surface area contributed by atoms with E-state index in [0.717, 1.165) is 37.4 Å². The smallest absolute Gasteiger partial charge is 0.354 e. The Kier molecular flexibility index (Phi) is 4.46. The third-order valence-electron chi connectivity index (χ3n) is 4.16. The number of rotatable bonds is 4. The number of aryl methyl sites for hydroxylation is 1. The van der Waals surface area contributed by atoms with Crippen molar-refractivity contribution in [3.05, 3.63) is 53.7 Å². The quantitative estimate of drug-likeness (QED) is 0.908. The summed E-state index contributed by atoms with van der Waals surface area (Å²) in [7, 11) is 0. The number of aromatic nitrogens is 1. The minimum atomic E-state index is -0.983. The first-order chi connectivity index (χ1) is 11.1. The second-order valence-electron chi connectivity index (χ2n) is 5.96. The summed E-state index contributed by atoms with van der Waals surface area (Å²) in [6.45, 7) is 3.84. The van der Waals surface area contributed by atoms with Gasteiger partial charge in [-0.2, -0.15) is 0 Å². The first-order valence-corrected chi connectivity index (χ1v) is 7.90. The number of pyridine rings is 1. The maximum absolute atomic E-state index is 11.0. The van der Waals surface area contributed by atoms with E-state index in [1.54, 1.807) is 6.07 Å². The number of nitrogens with one attached hydrogen (secondary N) is 1. The van der Waals surface area contributed by atoms with Crippen LogP contribution in [0.5, 0.6) is 0 Å². The van der Waals surface area contributed by atoms with Crippen molar-refractivity contribution < 1.29 is 9.90 Å². The average molecular weight is 311 g/mol. The highest BCUT2D eigenvalue weighted by molar-refractivity contribution is 5.85. The molecular weight excluding hydrogens is 290 g/mol. The molecule has 0 radical (unpaired) electrons. The molecule has 5 heteroatoms. The third-order valence-corrected chi connectivity index (χ3v) is 4.16. The van der Waals surface area contributed by atoms with Crippen molar-refractivity contribution >= 4 is 17.5 Å². The zero-order chi connectivity index (χ0) is 16.2. The molecule has 1 saturated heterocycles. The van der Waals surface area contributed by atoms with Gasteiger partial charge >= 0.3 is 5.97 Å². The van der Waals surface area contributed by atoms with Gasteiger partial charge in [0, 0.05) is 24.8 Å². The lowest BCUT2D eigenvalue weighted by molar-refractivity contribution is 0.0690. The van der Waals surface area contributed by atoms with Gasteiger partial charge in [-0.05, 0) is 49.6 Å². The molecule has 0 unspecified atom stereocenters. The molecule has 5 nitrogen and oxygen atoms in total. The molecule has 1 aromatic carbocycles. The molecule has 2 heterocycles. The van der Waals surface area contributed by atoms with Crippen LogP contribution in [-0.4, -0.2) is 35.2 Å². The van der Waals surface area contributed by atoms with E-state index in [9.17, 15) is 4.79 Å². The van der Waals surface area contributed by atoms with Crippen molar-refractivity contribution in [2.75, 3.05) is 23.3 Å². The lowest BCUT2D eigenvalue weighted by atomic mass is 10.0. The third kappa shape index (κ3) is 3.80. The summed E-state index contributed by atoms with van der Waals surface area (Å²) in [6.07, 6.45) is 2.01. The van der Waals surface area contributed by atoms with Gasteiger partial charge in [0.05, 0.1) is 0 Å². The van der Waals surface area contributed by atoms with Crippen molar-refractivity contribution in [2.45, 2.75) is 25.8 Å². The summed E-state index contributed by atoms with van der Waals surface area (Å²) < 4.78 is 0. The van der Waals surface area contributed by atoms with Crippen LogP contribution in [0.3, 0.4) is 0 Å². The van der Waals surface area contributed by atoms with Crippen LogP contribution >= 0.6 is 0 Å². The van der Waals surface area contributed by atoms with Gasteiger partial charge in [0.15, 0.2) is 5.69 Å². The van der Waals surface area contributed by atoms with Crippen molar-refractivity contribution in [3.63, 3.8) is 0 Å². The van der Waals surface area contributed by atoms with Crippen molar-refractivity contribution in [2.24, 2.45) is 0 Å². The maximum Gasteiger partial charge on any atom is 0.354 e. The molecule has 0 aliphatic carbocycles. The van der Waals surface area contributed by atoms with E-state index in [1.165, 1.54) is 11.6 Å². The number of carboxylic acids is 1. The molecule has 23 heavy (non-hydrogen) atoms. The molecule has 120 valence electrons. The van der Waals surface area contributed by atoms with E-state index in [1.807, 2.05) is 6.07 Å². The Morgan fingerprint density at radius 3 is 2.65 bits per heavy atom. The molecule has 0 bridgehead atoms. The second-order valence-corrected chi connectivity index (χ2v) is 5.96. The Morgan fingerprint density at radius 2 is 1.96 bits per heavy atom. The van der Waals surface area contributed by atoms with E-state index >= 15 is 0 Å². The summed E-state index contributed by atoms with van der Waals surface area (Å²) in [5.41, 5.74) is 2.51. The van der Waals surface area contributed by atoms with Gasteiger partial charge < -0.3 is 15.3 Å². The van der Waals surface area contributed by atoms with E-state index in [-0.39, 0.29) is 5.69 Å². The number of hydrogen-bond acceptors (Lipinski definition) is 4. The Hall–Kier alpha value is -2.56. The highest BCUT2D eigenvalue weighted by atomic mass is 16.4. The number of anilines is 2. The van der Waals surface area contributed by atoms with Gasteiger partial charge in [-0.1, -0.05) is 18.2 Å². The largest absolute Gasteiger partial charge is 0.477 e. The number of carbonyl (C=O) groups is 1. The number of hydrogen-bond donors (Lipinski definition) is 2. The van der Waals surface area contributed by atoms with Crippen molar-refractivity contribution in [1.29, 1.82) is 0 Å². The number of aromatic carboxylic acids is 1. The topological polar surface area (TPSA) is 65.5 Å². The van der Waals surface area contributed by atoms with Crippen LogP contribution in [-0.2, 0) is 0 Å². The van der Waals surface area contributed by atoms with Crippen molar-refractivity contribution in [1.82, 2.24) is 4.98 Å². The van der Waals surface area contributed by atoms with Crippen LogP contribution < -0.4 is 10.2 Å². The van der Waals surface area contributed by atoms with Gasteiger partial charge in [0.2, 0.25) is 0 Å². The summed E-state index contributed by atoms with van der Waals surface area (Å²) in [4.78, 5) is 17.4. The fraction of sp³-hybridized carbons (Fsp3) is 0.333. The van der Waals surface area contributed by atoms with E-state index in [4.69, 9.17) is 5.11 Å². The van der Waals surface area contributed by atoms with Gasteiger partial charge in [-0.25, -0.2) is 9.78 Å². The lowest BCUT2D eigenvalue weighted by Crippen LogP contribution is -2.39. The fourth-order valence-corrected chi connectivity index (χ4v) is 2.94. The van der Waals surface area contributed by atoms with Gasteiger partial charge in [0.1, 0.15) is 5.82 Å². The number of benzene rings is 1. The molecule has 2 N–H and O–H groups in total. The number of carboxylic acid groups (broad SMARTS) is 1. The molecule has 2 aromatic rings. The highest BCUT2D eigenvalue weighted by Crippen LogP contribution is 2.21. The average Bonchev–Trinajstić information content (AvgIpc) is 2.56. The summed E-state index contributed by atoms with van der Waals surface area (Å²) in [5, 5.41) is 12.6. The van der Waals surface area contributed by atoms with Crippen LogP contribution in [0.4, 0.5) is 11.5 Å². The SMILES string of the molecule is Cc1cccc(NC2CCN(c3cccc(C(=O)O)n3)CC2)c1. The van der Waals surface area contributed by atoms with E-state index in [0.29, 0.717) is 6.04 Å². The molecule has 0 saturated carbocycles. The standard InChI is InChI=1S/C18H21N3O2/c1-13-4-2-5-15(12-13)19-14-8-10-21(11-9-14)17-7-3-6-16(20-17)18(22)23/h2-7,12,14,19H,8-11H2,1H3,(H,22,23). The summed E-state index contributed by atoms with van der Waals surface area (Å²) in [6, 6.07) is 14.0. The van der Waals surface area contributed by atoms with Crippen LogP contribution in [0, 0.1) is 6.92 Å². The molecule has 1 aliphatic rings. The fourth-order valence-electron chi connectivity index (χ4n) is 2.94.